The molecule has 1 fully saturated rings. The van der Waals surface area contributed by atoms with Crippen molar-refractivity contribution in [2.24, 2.45) is 5.92 Å². The predicted octanol–water partition coefficient (Wildman–Crippen LogP) is 2.32. The van der Waals surface area contributed by atoms with Gasteiger partial charge in [0.15, 0.2) is 13.9 Å². The summed E-state index contributed by atoms with van der Waals surface area (Å²) in [6, 6.07) is 0. The van der Waals surface area contributed by atoms with Crippen LogP contribution < -0.4 is 0 Å². The van der Waals surface area contributed by atoms with Crippen LogP contribution in [0.5, 0.6) is 0 Å². The van der Waals surface area contributed by atoms with Gasteiger partial charge in [0.25, 0.3) is 0 Å². The fourth-order valence-electron chi connectivity index (χ4n) is 1.88. The number of ether oxygens (including phenoxy) is 1. The summed E-state index contributed by atoms with van der Waals surface area (Å²) in [5.74, 6) is -0.605. The molecule has 0 aromatic heterocycles. The lowest BCUT2D eigenvalue weighted by Crippen LogP contribution is -2.52. The number of esters is 1. The van der Waals surface area contributed by atoms with Gasteiger partial charge in [-0.25, -0.2) is 0 Å². The van der Waals surface area contributed by atoms with Crippen LogP contribution >= 0.6 is 0 Å². The number of cyclic esters (lactones) is 1. The second-order valence-electron chi connectivity index (χ2n) is 6.98. The summed E-state index contributed by atoms with van der Waals surface area (Å²) in [6.45, 7) is 14.1. The molecule has 0 bridgehead atoms. The fraction of sp³-hybridized carbons (Fsp3) is 0.923. The van der Waals surface area contributed by atoms with Gasteiger partial charge in [0.2, 0.25) is 0 Å². The number of aliphatic hydroxyl groups excluding tert-OH is 1. The van der Waals surface area contributed by atoms with Crippen molar-refractivity contribution in [3.8, 4) is 0 Å². The van der Waals surface area contributed by atoms with Crippen molar-refractivity contribution >= 4 is 14.3 Å². The number of hydrogen-bond acceptors (Lipinski definition) is 4. The van der Waals surface area contributed by atoms with E-state index in [1.165, 1.54) is 0 Å². The lowest BCUT2D eigenvalue weighted by atomic mass is 9.94. The summed E-state index contributed by atoms with van der Waals surface area (Å²) < 4.78 is 11.6. The molecule has 0 spiro atoms. The van der Waals surface area contributed by atoms with Crippen molar-refractivity contribution in [1.29, 1.82) is 0 Å². The highest BCUT2D eigenvalue weighted by atomic mass is 28.4. The third-order valence-corrected chi connectivity index (χ3v) is 8.76. The Balaban J connectivity index is 2.98. The van der Waals surface area contributed by atoms with E-state index in [1.54, 1.807) is 13.8 Å². The highest BCUT2D eigenvalue weighted by Gasteiger charge is 2.54. The van der Waals surface area contributed by atoms with E-state index in [2.05, 4.69) is 33.9 Å². The SMILES string of the molecule is C[C@@H]1C(=O)O[C@@](C)(CO)[C@@H]1O[Si](C)(C)C(C)(C)C. The smallest absolute Gasteiger partial charge is 0.312 e. The predicted molar refractivity (Wildman–Crippen MR) is 72.8 cm³/mol. The van der Waals surface area contributed by atoms with Crippen LogP contribution in [0.1, 0.15) is 34.6 Å². The fourth-order valence-corrected chi connectivity index (χ4v) is 3.32. The van der Waals surface area contributed by atoms with E-state index in [1.807, 2.05) is 0 Å². The molecule has 0 aliphatic carbocycles. The minimum atomic E-state index is -1.99. The van der Waals surface area contributed by atoms with Gasteiger partial charge in [-0.05, 0) is 32.0 Å². The Morgan fingerprint density at radius 3 is 2.33 bits per heavy atom. The zero-order valence-electron chi connectivity index (χ0n) is 12.5. The second kappa shape index (κ2) is 4.61. The molecule has 1 rings (SSSR count). The molecule has 4 nitrogen and oxygen atoms in total. The van der Waals surface area contributed by atoms with Gasteiger partial charge in [-0.15, -0.1) is 0 Å². The highest BCUT2D eigenvalue weighted by molar-refractivity contribution is 6.74. The molecular formula is C13H26O4Si. The van der Waals surface area contributed by atoms with Gasteiger partial charge in [-0.2, -0.15) is 0 Å². The Hall–Kier alpha value is -0.393. The van der Waals surface area contributed by atoms with Crippen LogP contribution in [0.4, 0.5) is 0 Å². The Labute approximate surface area is 111 Å². The number of hydrogen-bond donors (Lipinski definition) is 1. The first-order valence-electron chi connectivity index (χ1n) is 6.46. The van der Waals surface area contributed by atoms with Crippen molar-refractivity contribution in [3.63, 3.8) is 0 Å². The van der Waals surface area contributed by atoms with E-state index in [0.29, 0.717) is 0 Å². The van der Waals surface area contributed by atoms with Crippen molar-refractivity contribution in [3.05, 3.63) is 0 Å². The van der Waals surface area contributed by atoms with Gasteiger partial charge in [0.05, 0.1) is 18.6 Å². The molecule has 0 aromatic rings. The molecule has 0 aromatic carbocycles. The third kappa shape index (κ3) is 2.63. The molecule has 1 aliphatic rings. The number of rotatable bonds is 3. The Kier molecular flexibility index (Phi) is 4.02. The van der Waals surface area contributed by atoms with Crippen LogP contribution in [-0.2, 0) is 14.0 Å². The monoisotopic (exact) mass is 274 g/mol. The topological polar surface area (TPSA) is 55.8 Å². The lowest BCUT2D eigenvalue weighted by molar-refractivity contribution is -0.153. The van der Waals surface area contributed by atoms with Crippen LogP contribution in [0.3, 0.4) is 0 Å². The molecule has 106 valence electrons. The minimum absolute atomic E-state index is 0.0642. The quantitative estimate of drug-likeness (QED) is 0.634. The van der Waals surface area contributed by atoms with Gasteiger partial charge in [-0.1, -0.05) is 20.8 Å². The standard InChI is InChI=1S/C13H26O4Si/c1-9-10(13(5,8-14)16-11(9)15)17-18(6,7)12(2,3)4/h9-10,14H,8H2,1-7H3/t9-,10+,13-/m0/s1. The van der Waals surface area contributed by atoms with Crippen LogP contribution in [0.25, 0.3) is 0 Å². The van der Waals surface area contributed by atoms with Gasteiger partial charge in [0.1, 0.15) is 0 Å². The Bertz CT molecular complexity index is 334. The average Bonchev–Trinajstić information content (AvgIpc) is 2.41. The molecular weight excluding hydrogens is 248 g/mol. The van der Waals surface area contributed by atoms with E-state index in [0.717, 1.165) is 0 Å². The maximum atomic E-state index is 11.7. The molecule has 0 unspecified atom stereocenters. The van der Waals surface area contributed by atoms with E-state index in [-0.39, 0.29) is 29.6 Å². The molecule has 1 heterocycles. The van der Waals surface area contributed by atoms with Crippen LogP contribution in [0.2, 0.25) is 18.1 Å². The molecule has 1 N–H and O–H groups in total. The first-order chi connectivity index (χ1) is 7.94. The molecule has 1 aliphatic heterocycles. The van der Waals surface area contributed by atoms with Crippen LogP contribution in [-0.4, -0.2) is 37.7 Å². The van der Waals surface area contributed by atoms with Crippen LogP contribution in [0, 0.1) is 5.92 Å². The molecule has 0 saturated carbocycles. The van der Waals surface area contributed by atoms with Gasteiger partial charge in [0, 0.05) is 0 Å². The summed E-state index contributed by atoms with van der Waals surface area (Å²) in [4.78, 5) is 11.7. The normalized spacial score (nSPS) is 33.7. The van der Waals surface area contributed by atoms with Crippen molar-refractivity contribution in [2.75, 3.05) is 6.61 Å². The van der Waals surface area contributed by atoms with Crippen molar-refractivity contribution in [1.82, 2.24) is 0 Å². The van der Waals surface area contributed by atoms with Gasteiger partial charge < -0.3 is 14.3 Å². The van der Waals surface area contributed by atoms with Gasteiger partial charge >= 0.3 is 5.97 Å². The van der Waals surface area contributed by atoms with Crippen molar-refractivity contribution < 1.29 is 19.1 Å². The van der Waals surface area contributed by atoms with E-state index < -0.39 is 13.9 Å². The number of carbonyl (C=O) groups excluding carboxylic acids is 1. The Morgan fingerprint density at radius 1 is 1.44 bits per heavy atom. The average molecular weight is 274 g/mol. The van der Waals surface area contributed by atoms with E-state index >= 15 is 0 Å². The van der Waals surface area contributed by atoms with Crippen molar-refractivity contribution in [2.45, 2.75) is 64.5 Å². The third-order valence-electron chi connectivity index (χ3n) is 4.30. The summed E-state index contributed by atoms with van der Waals surface area (Å²) in [7, 11) is -1.99. The second-order valence-corrected chi connectivity index (χ2v) is 11.7. The zero-order valence-corrected chi connectivity index (χ0v) is 13.5. The summed E-state index contributed by atoms with van der Waals surface area (Å²) in [6.07, 6.45) is -0.365. The Morgan fingerprint density at radius 2 is 1.94 bits per heavy atom. The first kappa shape index (κ1) is 15.7. The zero-order chi connectivity index (χ0) is 14.4. The number of carbonyl (C=O) groups is 1. The molecule has 3 atom stereocenters. The van der Waals surface area contributed by atoms with E-state index in [4.69, 9.17) is 9.16 Å². The molecule has 18 heavy (non-hydrogen) atoms. The largest absolute Gasteiger partial charge is 0.454 e. The maximum Gasteiger partial charge on any atom is 0.312 e. The minimum Gasteiger partial charge on any atom is -0.454 e. The first-order valence-corrected chi connectivity index (χ1v) is 9.37. The summed E-state index contributed by atoms with van der Waals surface area (Å²) in [5, 5.41) is 9.55. The van der Waals surface area contributed by atoms with Crippen LogP contribution in [0.15, 0.2) is 0 Å². The summed E-state index contributed by atoms with van der Waals surface area (Å²) in [5.41, 5.74) is -0.911. The molecule has 1 saturated heterocycles. The molecule has 5 heteroatoms. The maximum absolute atomic E-state index is 11.7. The molecule has 0 radical (unpaired) electrons. The van der Waals surface area contributed by atoms with E-state index in [9.17, 15) is 9.90 Å². The lowest BCUT2D eigenvalue weighted by Gasteiger charge is -2.41. The number of aliphatic hydroxyl groups is 1. The summed E-state index contributed by atoms with van der Waals surface area (Å²) >= 11 is 0. The molecule has 0 amide bonds. The van der Waals surface area contributed by atoms with Gasteiger partial charge in [-0.3, -0.25) is 4.79 Å². The highest BCUT2D eigenvalue weighted by Crippen LogP contribution is 2.42.